The molecule has 1 aromatic carbocycles. The first-order valence-electron chi connectivity index (χ1n) is 6.01. The lowest BCUT2D eigenvalue weighted by Gasteiger charge is -2.32. The van der Waals surface area contributed by atoms with Crippen LogP contribution in [-0.2, 0) is 0 Å². The SMILES string of the molecule is CCC1CN(C(=O)c2ccc(O)c(Cl)c2)CCS1. The van der Waals surface area contributed by atoms with Crippen LogP contribution in [0, 0.1) is 0 Å². The molecule has 2 rings (SSSR count). The Morgan fingerprint density at radius 3 is 3.06 bits per heavy atom. The standard InChI is InChI=1S/C13H16ClNO2S/c1-2-10-8-15(5-6-18-10)13(17)9-3-4-12(16)11(14)7-9/h3-4,7,10,16H,2,5-6,8H2,1H3. The highest BCUT2D eigenvalue weighted by molar-refractivity contribution is 8.00. The predicted octanol–water partition coefficient (Wildman–Crippen LogP) is 3.01. The maximum absolute atomic E-state index is 12.3. The van der Waals surface area contributed by atoms with Crippen molar-refractivity contribution in [1.82, 2.24) is 4.90 Å². The van der Waals surface area contributed by atoms with E-state index >= 15 is 0 Å². The van der Waals surface area contributed by atoms with Gasteiger partial charge in [-0.05, 0) is 24.6 Å². The number of amides is 1. The zero-order valence-electron chi connectivity index (χ0n) is 10.2. The Labute approximate surface area is 116 Å². The number of aromatic hydroxyl groups is 1. The molecule has 0 spiro atoms. The fourth-order valence-electron chi connectivity index (χ4n) is 1.97. The van der Waals surface area contributed by atoms with Crippen molar-refractivity contribution in [1.29, 1.82) is 0 Å². The van der Waals surface area contributed by atoms with Gasteiger partial charge in [0.25, 0.3) is 5.91 Å². The number of phenolic OH excluding ortho intramolecular Hbond substituents is 1. The lowest BCUT2D eigenvalue weighted by Crippen LogP contribution is -2.41. The second-order valence-corrected chi connectivity index (χ2v) is 6.13. The summed E-state index contributed by atoms with van der Waals surface area (Å²) < 4.78 is 0. The van der Waals surface area contributed by atoms with E-state index in [9.17, 15) is 9.90 Å². The molecule has 0 aromatic heterocycles. The van der Waals surface area contributed by atoms with Crippen LogP contribution in [0.1, 0.15) is 23.7 Å². The molecule has 1 unspecified atom stereocenters. The number of carbonyl (C=O) groups excluding carboxylic acids is 1. The molecule has 18 heavy (non-hydrogen) atoms. The first-order chi connectivity index (χ1) is 8.61. The normalized spacial score (nSPS) is 19.9. The zero-order valence-corrected chi connectivity index (χ0v) is 11.8. The molecule has 1 aliphatic heterocycles. The van der Waals surface area contributed by atoms with E-state index in [2.05, 4.69) is 6.92 Å². The van der Waals surface area contributed by atoms with Gasteiger partial charge < -0.3 is 10.0 Å². The number of hydrogen-bond donors (Lipinski definition) is 1. The summed E-state index contributed by atoms with van der Waals surface area (Å²) in [4.78, 5) is 14.2. The van der Waals surface area contributed by atoms with Gasteiger partial charge in [0.1, 0.15) is 5.75 Å². The van der Waals surface area contributed by atoms with E-state index in [4.69, 9.17) is 11.6 Å². The highest BCUT2D eigenvalue weighted by Gasteiger charge is 2.24. The fraction of sp³-hybridized carbons (Fsp3) is 0.462. The summed E-state index contributed by atoms with van der Waals surface area (Å²) in [6.45, 7) is 3.71. The van der Waals surface area contributed by atoms with Crippen LogP contribution in [0.3, 0.4) is 0 Å². The van der Waals surface area contributed by atoms with Crippen molar-refractivity contribution in [2.24, 2.45) is 0 Å². The summed E-state index contributed by atoms with van der Waals surface area (Å²) in [5.41, 5.74) is 0.541. The largest absolute Gasteiger partial charge is 0.506 e. The van der Waals surface area contributed by atoms with Crippen molar-refractivity contribution in [3.8, 4) is 5.75 Å². The molecular weight excluding hydrogens is 270 g/mol. The molecule has 1 amide bonds. The molecule has 1 N–H and O–H groups in total. The molecule has 1 saturated heterocycles. The van der Waals surface area contributed by atoms with Gasteiger partial charge in [0.05, 0.1) is 5.02 Å². The highest BCUT2D eigenvalue weighted by Crippen LogP contribution is 2.26. The molecule has 0 bridgehead atoms. The number of halogens is 1. The van der Waals surface area contributed by atoms with Crippen molar-refractivity contribution < 1.29 is 9.90 Å². The molecule has 1 aliphatic rings. The van der Waals surface area contributed by atoms with E-state index in [1.54, 1.807) is 6.07 Å². The van der Waals surface area contributed by atoms with E-state index in [1.807, 2.05) is 16.7 Å². The third kappa shape index (κ3) is 2.93. The minimum atomic E-state index is -0.00403. The number of carbonyl (C=O) groups is 1. The zero-order chi connectivity index (χ0) is 13.1. The molecular formula is C13H16ClNO2S. The molecule has 0 radical (unpaired) electrons. The van der Waals surface area contributed by atoms with E-state index in [1.165, 1.54) is 12.1 Å². The van der Waals surface area contributed by atoms with Crippen LogP contribution in [0.2, 0.25) is 5.02 Å². The minimum Gasteiger partial charge on any atom is -0.506 e. The molecule has 1 aromatic rings. The second-order valence-electron chi connectivity index (χ2n) is 4.32. The molecule has 1 heterocycles. The minimum absolute atomic E-state index is 0.00403. The molecule has 0 aliphatic carbocycles. The Morgan fingerprint density at radius 2 is 2.39 bits per heavy atom. The summed E-state index contributed by atoms with van der Waals surface area (Å²) >= 11 is 7.75. The van der Waals surface area contributed by atoms with Crippen molar-refractivity contribution in [3.05, 3.63) is 28.8 Å². The van der Waals surface area contributed by atoms with Gasteiger partial charge in [-0.3, -0.25) is 4.79 Å². The molecule has 0 saturated carbocycles. The van der Waals surface area contributed by atoms with Gasteiger partial charge in [-0.25, -0.2) is 0 Å². The van der Waals surface area contributed by atoms with Crippen LogP contribution >= 0.6 is 23.4 Å². The van der Waals surface area contributed by atoms with E-state index in [0.29, 0.717) is 10.8 Å². The van der Waals surface area contributed by atoms with Gasteiger partial charge in [0.2, 0.25) is 0 Å². The first-order valence-corrected chi connectivity index (χ1v) is 7.44. The van der Waals surface area contributed by atoms with E-state index in [-0.39, 0.29) is 16.7 Å². The number of phenols is 1. The van der Waals surface area contributed by atoms with Crippen LogP contribution in [0.25, 0.3) is 0 Å². The van der Waals surface area contributed by atoms with Crippen LogP contribution in [0.5, 0.6) is 5.75 Å². The van der Waals surface area contributed by atoms with E-state index in [0.717, 1.165) is 25.3 Å². The van der Waals surface area contributed by atoms with Gasteiger partial charge in [-0.2, -0.15) is 11.8 Å². The van der Waals surface area contributed by atoms with Gasteiger partial charge in [-0.1, -0.05) is 18.5 Å². The molecule has 98 valence electrons. The summed E-state index contributed by atoms with van der Waals surface area (Å²) in [5, 5.41) is 10.1. The third-order valence-electron chi connectivity index (χ3n) is 3.08. The summed E-state index contributed by atoms with van der Waals surface area (Å²) in [5.74, 6) is 0.986. The van der Waals surface area contributed by atoms with Gasteiger partial charge in [0, 0.05) is 29.7 Å². The molecule has 3 nitrogen and oxygen atoms in total. The Morgan fingerprint density at radius 1 is 1.61 bits per heavy atom. The summed E-state index contributed by atoms with van der Waals surface area (Å²) in [6, 6.07) is 4.61. The van der Waals surface area contributed by atoms with Gasteiger partial charge >= 0.3 is 0 Å². The summed E-state index contributed by atoms with van der Waals surface area (Å²) in [6.07, 6.45) is 1.07. The van der Waals surface area contributed by atoms with Crippen molar-refractivity contribution in [2.75, 3.05) is 18.8 Å². The number of rotatable bonds is 2. The Balaban J connectivity index is 2.12. The lowest BCUT2D eigenvalue weighted by atomic mass is 10.1. The van der Waals surface area contributed by atoms with Crippen LogP contribution < -0.4 is 0 Å². The maximum Gasteiger partial charge on any atom is 0.253 e. The predicted molar refractivity (Wildman–Crippen MR) is 75.6 cm³/mol. The number of hydrogen-bond acceptors (Lipinski definition) is 3. The number of benzene rings is 1. The van der Waals surface area contributed by atoms with Crippen molar-refractivity contribution in [3.63, 3.8) is 0 Å². The number of nitrogens with zero attached hydrogens (tertiary/aromatic N) is 1. The van der Waals surface area contributed by atoms with E-state index < -0.39 is 0 Å². The average molecular weight is 286 g/mol. The smallest absolute Gasteiger partial charge is 0.253 e. The Bertz CT molecular complexity index is 453. The average Bonchev–Trinajstić information content (AvgIpc) is 2.41. The first kappa shape index (κ1) is 13.6. The molecule has 5 heteroatoms. The quantitative estimate of drug-likeness (QED) is 0.908. The number of thioether (sulfide) groups is 1. The van der Waals surface area contributed by atoms with Crippen LogP contribution in [-0.4, -0.2) is 40.0 Å². The second kappa shape index (κ2) is 5.85. The van der Waals surface area contributed by atoms with Crippen LogP contribution in [0.15, 0.2) is 18.2 Å². The van der Waals surface area contributed by atoms with Gasteiger partial charge in [-0.15, -0.1) is 0 Å². The van der Waals surface area contributed by atoms with Crippen molar-refractivity contribution in [2.45, 2.75) is 18.6 Å². The maximum atomic E-state index is 12.3. The monoisotopic (exact) mass is 285 g/mol. The van der Waals surface area contributed by atoms with Gasteiger partial charge in [0.15, 0.2) is 0 Å². The Hall–Kier alpha value is -0.870. The third-order valence-corrected chi connectivity index (χ3v) is 4.75. The van der Waals surface area contributed by atoms with Crippen LogP contribution in [0.4, 0.5) is 0 Å². The van der Waals surface area contributed by atoms with Crippen molar-refractivity contribution >= 4 is 29.3 Å². The Kier molecular flexibility index (Phi) is 4.40. The topological polar surface area (TPSA) is 40.5 Å². The molecule has 1 fully saturated rings. The fourth-order valence-corrected chi connectivity index (χ4v) is 3.33. The summed E-state index contributed by atoms with van der Waals surface area (Å²) in [7, 11) is 0. The lowest BCUT2D eigenvalue weighted by molar-refractivity contribution is 0.0761. The molecule has 1 atom stereocenters. The highest BCUT2D eigenvalue weighted by atomic mass is 35.5.